The van der Waals surface area contributed by atoms with Crippen LogP contribution < -0.4 is 10.0 Å². The molecule has 0 bridgehead atoms. The van der Waals surface area contributed by atoms with E-state index in [1.54, 1.807) is 50.5 Å². The smallest absolute Gasteiger partial charge is 0.240 e. The van der Waals surface area contributed by atoms with E-state index in [0.717, 1.165) is 22.3 Å². The van der Waals surface area contributed by atoms with Gasteiger partial charge in [0, 0.05) is 29.9 Å². The lowest BCUT2D eigenvalue weighted by Crippen LogP contribution is -2.46. The molecule has 7 nitrogen and oxygen atoms in total. The number of benzene rings is 2. The fourth-order valence-electron chi connectivity index (χ4n) is 4.87. The number of hydrogen-bond acceptors (Lipinski definition) is 5. The molecule has 196 valence electrons. The third-order valence-electron chi connectivity index (χ3n) is 6.92. The Morgan fingerprint density at radius 2 is 1.62 bits per heavy atom. The van der Waals surface area contributed by atoms with Crippen LogP contribution in [-0.4, -0.2) is 36.1 Å². The van der Waals surface area contributed by atoms with Gasteiger partial charge >= 0.3 is 0 Å². The van der Waals surface area contributed by atoms with Crippen LogP contribution in [0.1, 0.15) is 56.7 Å². The molecule has 0 aliphatic heterocycles. The maximum absolute atomic E-state index is 13.0. The van der Waals surface area contributed by atoms with E-state index in [4.69, 9.17) is 0 Å². The minimum atomic E-state index is -3.68. The zero-order valence-electron chi connectivity index (χ0n) is 21.5. The number of sulfonamides is 1. The summed E-state index contributed by atoms with van der Waals surface area (Å²) in [5, 5.41) is 13.7. The van der Waals surface area contributed by atoms with Crippen molar-refractivity contribution in [2.24, 2.45) is 5.92 Å². The number of pyridine rings is 1. The van der Waals surface area contributed by atoms with Crippen molar-refractivity contribution in [1.29, 1.82) is 0 Å². The van der Waals surface area contributed by atoms with Gasteiger partial charge in [0.05, 0.1) is 16.5 Å². The maximum atomic E-state index is 13.0. The van der Waals surface area contributed by atoms with Gasteiger partial charge in [-0.15, -0.1) is 0 Å². The number of nitrogens with zero attached hydrogens (tertiary/aromatic N) is 1. The first-order chi connectivity index (χ1) is 17.5. The van der Waals surface area contributed by atoms with Crippen LogP contribution in [0.5, 0.6) is 0 Å². The third kappa shape index (κ3) is 6.83. The predicted octanol–water partition coefficient (Wildman–Crippen LogP) is 4.52. The Morgan fingerprint density at radius 1 is 0.973 bits per heavy atom. The summed E-state index contributed by atoms with van der Waals surface area (Å²) in [5.74, 6) is -0.338. The Hall–Kier alpha value is -3.07. The van der Waals surface area contributed by atoms with Crippen LogP contribution in [0.2, 0.25) is 0 Å². The molecule has 8 heteroatoms. The van der Waals surface area contributed by atoms with E-state index in [0.29, 0.717) is 25.7 Å². The van der Waals surface area contributed by atoms with E-state index in [1.807, 2.05) is 43.3 Å². The Labute approximate surface area is 219 Å². The molecule has 0 spiro atoms. The van der Waals surface area contributed by atoms with Crippen molar-refractivity contribution < 1.29 is 18.3 Å². The molecule has 0 radical (unpaired) electrons. The average molecular weight is 522 g/mol. The fourth-order valence-corrected chi connectivity index (χ4v) is 6.18. The molecule has 3 aromatic rings. The summed E-state index contributed by atoms with van der Waals surface area (Å²) < 4.78 is 28.8. The highest BCUT2D eigenvalue weighted by atomic mass is 32.2. The summed E-state index contributed by atoms with van der Waals surface area (Å²) in [6, 6.07) is 17.5. The molecule has 1 aliphatic carbocycles. The molecule has 1 atom stereocenters. The molecule has 1 saturated carbocycles. The van der Waals surface area contributed by atoms with Crippen LogP contribution in [0.15, 0.2) is 78.0 Å². The Balaban J connectivity index is 1.34. The minimum Gasteiger partial charge on any atom is -0.388 e. The molecule has 3 N–H and O–H groups in total. The summed E-state index contributed by atoms with van der Waals surface area (Å²) >= 11 is 0. The summed E-state index contributed by atoms with van der Waals surface area (Å²) in [6.07, 6.45) is 5.83. The van der Waals surface area contributed by atoms with Gasteiger partial charge in [0.15, 0.2) is 0 Å². The number of rotatable bonds is 8. The maximum Gasteiger partial charge on any atom is 0.240 e. The van der Waals surface area contributed by atoms with Gasteiger partial charge in [-0.3, -0.25) is 9.78 Å². The van der Waals surface area contributed by atoms with E-state index in [2.05, 4.69) is 15.0 Å². The topological polar surface area (TPSA) is 108 Å². The Bertz CT molecular complexity index is 1310. The lowest BCUT2D eigenvalue weighted by atomic mass is 9.84. The van der Waals surface area contributed by atoms with Crippen molar-refractivity contribution in [3.63, 3.8) is 0 Å². The predicted molar refractivity (Wildman–Crippen MR) is 144 cm³/mol. The molecular weight excluding hydrogens is 486 g/mol. The van der Waals surface area contributed by atoms with Crippen molar-refractivity contribution in [1.82, 2.24) is 15.0 Å². The van der Waals surface area contributed by atoms with E-state index < -0.39 is 21.7 Å². The van der Waals surface area contributed by atoms with Crippen LogP contribution in [0.25, 0.3) is 11.1 Å². The highest BCUT2D eigenvalue weighted by Gasteiger charge is 2.34. The largest absolute Gasteiger partial charge is 0.388 e. The monoisotopic (exact) mass is 521 g/mol. The molecule has 0 unspecified atom stereocenters. The van der Waals surface area contributed by atoms with Crippen LogP contribution in [0.4, 0.5) is 0 Å². The van der Waals surface area contributed by atoms with Crippen molar-refractivity contribution >= 4 is 15.9 Å². The summed E-state index contributed by atoms with van der Waals surface area (Å²) in [6.45, 7) is 5.33. The molecule has 37 heavy (non-hydrogen) atoms. The molecule has 1 fully saturated rings. The third-order valence-corrected chi connectivity index (χ3v) is 8.46. The van der Waals surface area contributed by atoms with E-state index in [1.165, 1.54) is 0 Å². The Kier molecular flexibility index (Phi) is 8.11. The standard InChI is InChI=1S/C29H35N3O4S/c1-20-17-24(19-30-18-20)21-11-15-26(16-12-21)37(35,36)32-25-13-9-23(10-14-25)28(33)31-27(29(2,3)34)22-7-5-4-6-8-22/h4-8,11-12,15-19,23,25,27,32,34H,9-10,13-14H2,1-3H3,(H,31,33)/t23-,25-,27-/m0/s1. The summed E-state index contributed by atoms with van der Waals surface area (Å²) in [5.41, 5.74) is 2.59. The zero-order valence-corrected chi connectivity index (χ0v) is 22.3. The second-order valence-electron chi connectivity index (χ2n) is 10.5. The van der Waals surface area contributed by atoms with Gasteiger partial charge in [0.25, 0.3) is 0 Å². The quantitative estimate of drug-likeness (QED) is 0.404. The molecule has 1 aliphatic rings. The SMILES string of the molecule is Cc1cncc(-c2ccc(S(=O)(=O)N[C@H]3CC[C@H](C(=O)N[C@@H](c4ccccc4)C(C)(C)O)CC3)cc2)c1. The molecule has 1 heterocycles. The van der Waals surface area contributed by atoms with Crippen molar-refractivity contribution in [2.75, 3.05) is 0 Å². The highest BCUT2D eigenvalue weighted by molar-refractivity contribution is 7.89. The van der Waals surface area contributed by atoms with E-state index in [9.17, 15) is 18.3 Å². The van der Waals surface area contributed by atoms with Gasteiger partial charge in [0.1, 0.15) is 0 Å². The van der Waals surface area contributed by atoms with E-state index in [-0.39, 0.29) is 22.8 Å². The van der Waals surface area contributed by atoms with Crippen LogP contribution >= 0.6 is 0 Å². The van der Waals surface area contributed by atoms with Gasteiger partial charge in [-0.25, -0.2) is 13.1 Å². The lowest BCUT2D eigenvalue weighted by Gasteiger charge is -2.34. The lowest BCUT2D eigenvalue weighted by molar-refractivity contribution is -0.128. The van der Waals surface area contributed by atoms with Gasteiger partial charge in [-0.1, -0.05) is 42.5 Å². The number of carbonyl (C=O) groups excluding carboxylic acids is 1. The number of carbonyl (C=O) groups is 1. The first-order valence-corrected chi connectivity index (χ1v) is 14.1. The van der Waals surface area contributed by atoms with Crippen molar-refractivity contribution in [2.45, 2.75) is 69.0 Å². The van der Waals surface area contributed by atoms with Gasteiger partial charge in [-0.2, -0.15) is 0 Å². The number of aromatic nitrogens is 1. The van der Waals surface area contributed by atoms with Crippen molar-refractivity contribution in [3.05, 3.63) is 84.2 Å². The number of hydrogen-bond donors (Lipinski definition) is 3. The van der Waals surface area contributed by atoms with E-state index >= 15 is 0 Å². The molecule has 1 aromatic heterocycles. The fraction of sp³-hybridized carbons (Fsp3) is 0.379. The zero-order chi connectivity index (χ0) is 26.6. The molecule has 1 amide bonds. The van der Waals surface area contributed by atoms with Crippen LogP contribution in [-0.2, 0) is 14.8 Å². The second kappa shape index (κ2) is 11.1. The van der Waals surface area contributed by atoms with Crippen LogP contribution in [0, 0.1) is 12.8 Å². The molecule has 4 rings (SSSR count). The van der Waals surface area contributed by atoms with Gasteiger partial charge < -0.3 is 10.4 Å². The molecular formula is C29H35N3O4S. The van der Waals surface area contributed by atoms with Crippen molar-refractivity contribution in [3.8, 4) is 11.1 Å². The Morgan fingerprint density at radius 3 is 2.22 bits per heavy atom. The first-order valence-electron chi connectivity index (χ1n) is 12.6. The normalized spacial score (nSPS) is 19.2. The van der Waals surface area contributed by atoms with Gasteiger partial charge in [-0.05, 0) is 81.3 Å². The average Bonchev–Trinajstić information content (AvgIpc) is 2.87. The summed E-state index contributed by atoms with van der Waals surface area (Å²) in [4.78, 5) is 17.5. The van der Waals surface area contributed by atoms with Gasteiger partial charge in [0.2, 0.25) is 15.9 Å². The first kappa shape index (κ1) is 27.0. The molecule has 0 saturated heterocycles. The highest BCUT2D eigenvalue weighted by Crippen LogP contribution is 2.30. The summed E-state index contributed by atoms with van der Waals surface area (Å²) in [7, 11) is -3.68. The number of aliphatic hydroxyl groups is 1. The number of amides is 1. The second-order valence-corrected chi connectivity index (χ2v) is 12.2. The number of aryl methyl sites for hydroxylation is 1. The molecule has 2 aromatic carbocycles. The number of nitrogens with one attached hydrogen (secondary N) is 2. The minimum absolute atomic E-state index is 0.112. The van der Waals surface area contributed by atoms with Crippen LogP contribution in [0.3, 0.4) is 0 Å².